The third kappa shape index (κ3) is 4.26. The van der Waals surface area contributed by atoms with Crippen LogP contribution in [-0.2, 0) is 13.0 Å². The van der Waals surface area contributed by atoms with E-state index in [0.29, 0.717) is 18.8 Å². The van der Waals surface area contributed by atoms with Gasteiger partial charge in [-0.15, -0.1) is 0 Å². The molecule has 0 amide bonds. The van der Waals surface area contributed by atoms with E-state index in [-0.39, 0.29) is 11.9 Å². The molecular weight excluding hydrogens is 267 g/mol. The molecule has 0 aliphatic heterocycles. The summed E-state index contributed by atoms with van der Waals surface area (Å²) in [6.45, 7) is 4.37. The summed E-state index contributed by atoms with van der Waals surface area (Å²) in [6, 6.07) is 8.45. The van der Waals surface area contributed by atoms with Crippen LogP contribution in [0.5, 0.6) is 5.75 Å². The molecule has 3 nitrogen and oxygen atoms in total. The minimum Gasteiger partial charge on any atom is -0.487 e. The first-order valence-electron chi connectivity index (χ1n) is 7.17. The lowest BCUT2D eigenvalue weighted by atomic mass is 10.0. The lowest BCUT2D eigenvalue weighted by Gasteiger charge is -2.15. The van der Waals surface area contributed by atoms with Gasteiger partial charge in [0.15, 0.2) is 0 Å². The molecule has 1 heterocycles. The van der Waals surface area contributed by atoms with Gasteiger partial charge in [-0.05, 0) is 55.2 Å². The van der Waals surface area contributed by atoms with Crippen molar-refractivity contribution in [2.24, 2.45) is 5.73 Å². The number of rotatable bonds is 6. The van der Waals surface area contributed by atoms with E-state index < -0.39 is 0 Å². The third-order valence-electron chi connectivity index (χ3n) is 3.51. The Bertz CT molecular complexity index is 601. The van der Waals surface area contributed by atoms with E-state index >= 15 is 0 Å². The molecule has 2 rings (SSSR count). The van der Waals surface area contributed by atoms with Crippen molar-refractivity contribution in [1.82, 2.24) is 4.98 Å². The number of aryl methyl sites for hydroxylation is 1. The lowest BCUT2D eigenvalue weighted by molar-refractivity contribution is 0.296. The van der Waals surface area contributed by atoms with Crippen LogP contribution in [0.25, 0.3) is 0 Å². The predicted molar refractivity (Wildman–Crippen MR) is 81.7 cm³/mol. The van der Waals surface area contributed by atoms with Gasteiger partial charge >= 0.3 is 0 Å². The number of nitrogens with two attached hydrogens (primary N) is 1. The summed E-state index contributed by atoms with van der Waals surface area (Å²) in [5.41, 5.74) is 8.73. The van der Waals surface area contributed by atoms with Crippen LogP contribution < -0.4 is 10.5 Å². The van der Waals surface area contributed by atoms with Crippen LogP contribution in [0.3, 0.4) is 0 Å². The summed E-state index contributed by atoms with van der Waals surface area (Å²) >= 11 is 0. The fraction of sp³-hybridized carbons (Fsp3) is 0.353. The zero-order valence-corrected chi connectivity index (χ0v) is 12.5. The molecule has 4 heteroatoms. The average molecular weight is 288 g/mol. The Morgan fingerprint density at radius 2 is 2.14 bits per heavy atom. The van der Waals surface area contributed by atoms with Gasteiger partial charge < -0.3 is 10.5 Å². The summed E-state index contributed by atoms with van der Waals surface area (Å²) in [5.74, 6) is 0.403. The van der Waals surface area contributed by atoms with Gasteiger partial charge in [0, 0.05) is 12.2 Å². The van der Waals surface area contributed by atoms with Crippen molar-refractivity contribution < 1.29 is 9.13 Å². The Morgan fingerprint density at radius 1 is 1.33 bits per heavy atom. The fourth-order valence-electron chi connectivity index (χ4n) is 2.09. The summed E-state index contributed by atoms with van der Waals surface area (Å²) in [4.78, 5) is 4.29. The van der Waals surface area contributed by atoms with Gasteiger partial charge in [0.2, 0.25) is 0 Å². The molecule has 0 saturated heterocycles. The van der Waals surface area contributed by atoms with Crippen LogP contribution in [0.15, 0.2) is 36.5 Å². The molecule has 0 aliphatic carbocycles. The van der Waals surface area contributed by atoms with Crippen LogP contribution in [0.2, 0.25) is 0 Å². The van der Waals surface area contributed by atoms with E-state index in [4.69, 9.17) is 10.5 Å². The highest BCUT2D eigenvalue weighted by atomic mass is 19.1. The van der Waals surface area contributed by atoms with Crippen molar-refractivity contribution >= 4 is 0 Å². The maximum absolute atomic E-state index is 13.4. The maximum atomic E-state index is 13.4. The highest BCUT2D eigenvalue weighted by Gasteiger charge is 2.10. The van der Waals surface area contributed by atoms with Gasteiger partial charge in [-0.25, -0.2) is 4.39 Å². The number of ether oxygens (including phenoxy) is 1. The molecule has 1 unspecified atom stereocenters. The van der Waals surface area contributed by atoms with Gasteiger partial charge in [-0.2, -0.15) is 0 Å². The SMILES string of the molecule is CCC(N)Cc1cc(F)ccc1OCc1ncccc1C. The Morgan fingerprint density at radius 3 is 2.86 bits per heavy atom. The van der Waals surface area contributed by atoms with Gasteiger partial charge in [0.1, 0.15) is 18.2 Å². The minimum absolute atomic E-state index is 0.00531. The quantitative estimate of drug-likeness (QED) is 0.886. The van der Waals surface area contributed by atoms with Crippen LogP contribution in [0.1, 0.15) is 30.2 Å². The van der Waals surface area contributed by atoms with Crippen molar-refractivity contribution in [1.29, 1.82) is 0 Å². The second-order valence-electron chi connectivity index (χ2n) is 5.18. The van der Waals surface area contributed by atoms with E-state index in [1.54, 1.807) is 12.3 Å². The number of hydrogen-bond donors (Lipinski definition) is 1. The number of nitrogens with zero attached hydrogens (tertiary/aromatic N) is 1. The second kappa shape index (κ2) is 7.18. The van der Waals surface area contributed by atoms with E-state index in [1.807, 2.05) is 26.0 Å². The highest BCUT2D eigenvalue weighted by Crippen LogP contribution is 2.23. The van der Waals surface area contributed by atoms with Crippen molar-refractivity contribution in [3.8, 4) is 5.75 Å². The minimum atomic E-state index is -0.269. The van der Waals surface area contributed by atoms with E-state index in [0.717, 1.165) is 23.2 Å². The molecule has 112 valence electrons. The molecular formula is C17H21FN2O. The van der Waals surface area contributed by atoms with Crippen LogP contribution in [0, 0.1) is 12.7 Å². The van der Waals surface area contributed by atoms with Crippen molar-refractivity contribution in [2.45, 2.75) is 39.3 Å². The Kier molecular flexibility index (Phi) is 5.28. The number of pyridine rings is 1. The molecule has 0 aliphatic rings. The third-order valence-corrected chi connectivity index (χ3v) is 3.51. The number of hydrogen-bond acceptors (Lipinski definition) is 3. The summed E-state index contributed by atoms with van der Waals surface area (Å²) in [6.07, 6.45) is 3.18. The Hall–Kier alpha value is -1.94. The van der Waals surface area contributed by atoms with E-state index in [2.05, 4.69) is 4.98 Å². The summed E-state index contributed by atoms with van der Waals surface area (Å²) in [7, 11) is 0. The second-order valence-corrected chi connectivity index (χ2v) is 5.18. The highest BCUT2D eigenvalue weighted by molar-refractivity contribution is 5.35. The molecule has 1 aromatic carbocycles. The first-order valence-corrected chi connectivity index (χ1v) is 7.17. The zero-order valence-electron chi connectivity index (χ0n) is 12.5. The fourth-order valence-corrected chi connectivity index (χ4v) is 2.09. The zero-order chi connectivity index (χ0) is 15.2. The molecule has 0 spiro atoms. The van der Waals surface area contributed by atoms with Crippen LogP contribution >= 0.6 is 0 Å². The molecule has 21 heavy (non-hydrogen) atoms. The molecule has 0 saturated carbocycles. The number of benzene rings is 1. The molecule has 0 radical (unpaired) electrons. The maximum Gasteiger partial charge on any atom is 0.130 e. The lowest BCUT2D eigenvalue weighted by Crippen LogP contribution is -2.21. The molecule has 0 bridgehead atoms. The monoisotopic (exact) mass is 288 g/mol. The first-order chi connectivity index (χ1) is 10.1. The molecule has 2 aromatic rings. The Labute approximate surface area is 125 Å². The van der Waals surface area contributed by atoms with Crippen molar-refractivity contribution in [3.05, 3.63) is 59.2 Å². The average Bonchev–Trinajstić information content (AvgIpc) is 2.48. The van der Waals surface area contributed by atoms with Crippen LogP contribution in [-0.4, -0.2) is 11.0 Å². The van der Waals surface area contributed by atoms with Gasteiger partial charge in [0.25, 0.3) is 0 Å². The first kappa shape index (κ1) is 15.4. The van der Waals surface area contributed by atoms with Crippen LogP contribution in [0.4, 0.5) is 4.39 Å². The van der Waals surface area contributed by atoms with E-state index in [1.165, 1.54) is 12.1 Å². The standard InChI is InChI=1S/C17H21FN2O/c1-3-15(19)10-13-9-14(18)6-7-17(13)21-11-16-12(2)5-4-8-20-16/h4-9,15H,3,10-11,19H2,1-2H3. The van der Waals surface area contributed by atoms with E-state index in [9.17, 15) is 4.39 Å². The topological polar surface area (TPSA) is 48.1 Å². The molecule has 2 N–H and O–H groups in total. The van der Waals surface area contributed by atoms with Crippen molar-refractivity contribution in [3.63, 3.8) is 0 Å². The normalized spacial score (nSPS) is 12.2. The summed E-state index contributed by atoms with van der Waals surface area (Å²) < 4.78 is 19.2. The predicted octanol–water partition coefficient (Wildman–Crippen LogP) is 3.39. The Balaban J connectivity index is 2.14. The largest absolute Gasteiger partial charge is 0.487 e. The van der Waals surface area contributed by atoms with Gasteiger partial charge in [-0.1, -0.05) is 13.0 Å². The number of aromatic nitrogens is 1. The number of halogens is 1. The summed E-state index contributed by atoms with van der Waals surface area (Å²) in [5, 5.41) is 0. The van der Waals surface area contributed by atoms with Gasteiger partial charge in [-0.3, -0.25) is 4.98 Å². The molecule has 0 fully saturated rings. The smallest absolute Gasteiger partial charge is 0.130 e. The van der Waals surface area contributed by atoms with Crippen molar-refractivity contribution in [2.75, 3.05) is 0 Å². The molecule has 1 atom stereocenters. The molecule has 1 aromatic heterocycles. The van der Waals surface area contributed by atoms with Gasteiger partial charge in [0.05, 0.1) is 5.69 Å².